The van der Waals surface area contributed by atoms with Gasteiger partial charge >= 0.3 is 0 Å². The topological polar surface area (TPSA) is 76.1 Å². The van der Waals surface area contributed by atoms with Gasteiger partial charge in [0.25, 0.3) is 0 Å². The molecule has 2 aromatic carbocycles. The first kappa shape index (κ1) is 22.9. The van der Waals surface area contributed by atoms with Crippen LogP contribution in [0.3, 0.4) is 0 Å². The molecule has 3 aromatic rings. The zero-order valence-electron chi connectivity index (χ0n) is 20.1. The molecule has 0 amide bonds. The van der Waals surface area contributed by atoms with E-state index < -0.39 is 9.84 Å². The van der Waals surface area contributed by atoms with Gasteiger partial charge in [-0.1, -0.05) is 37.3 Å². The Balaban J connectivity index is 1.19. The molecule has 5 nitrogen and oxygen atoms in total. The Morgan fingerprint density at radius 2 is 1.77 bits per heavy atom. The number of carbonyl (C=O) groups is 1. The van der Waals surface area contributed by atoms with E-state index in [4.69, 9.17) is 0 Å². The highest BCUT2D eigenvalue weighted by Gasteiger charge is 2.51. The van der Waals surface area contributed by atoms with E-state index in [1.165, 1.54) is 12.8 Å². The molecule has 6 heteroatoms. The molecule has 1 aromatic heterocycles. The van der Waals surface area contributed by atoms with Crippen molar-refractivity contribution in [1.82, 2.24) is 10.3 Å². The number of rotatable bonds is 4. The molecule has 4 atom stereocenters. The van der Waals surface area contributed by atoms with Crippen LogP contribution < -0.4 is 5.32 Å². The van der Waals surface area contributed by atoms with Gasteiger partial charge in [-0.2, -0.15) is 0 Å². The maximum atomic E-state index is 13.6. The van der Waals surface area contributed by atoms with Crippen LogP contribution in [0.1, 0.15) is 45.4 Å². The second-order valence-electron chi connectivity index (χ2n) is 10.9. The van der Waals surface area contributed by atoms with Crippen molar-refractivity contribution in [1.29, 1.82) is 0 Å². The lowest BCUT2D eigenvalue weighted by Gasteiger charge is -2.50. The summed E-state index contributed by atoms with van der Waals surface area (Å²) in [6.45, 7) is 2.61. The Morgan fingerprint density at radius 3 is 2.51 bits per heavy atom. The van der Waals surface area contributed by atoms with Gasteiger partial charge in [0.15, 0.2) is 9.84 Å². The second-order valence-corrected chi connectivity index (χ2v) is 13.1. The molecule has 0 radical (unpaired) electrons. The van der Waals surface area contributed by atoms with Crippen molar-refractivity contribution < 1.29 is 13.2 Å². The molecular weight excluding hydrogens is 456 g/mol. The fourth-order valence-electron chi connectivity index (χ4n) is 6.43. The number of carbonyl (C=O) groups excluding carboxylic acids is 1. The first-order valence-corrected chi connectivity index (χ1v) is 14.4. The molecule has 35 heavy (non-hydrogen) atoms. The fraction of sp³-hybridized carbons (Fsp3) is 0.448. The number of pyridine rings is 1. The molecule has 1 aliphatic heterocycles. The van der Waals surface area contributed by atoms with Crippen LogP contribution in [-0.4, -0.2) is 36.5 Å². The summed E-state index contributed by atoms with van der Waals surface area (Å²) in [6.07, 6.45) is 7.09. The van der Waals surface area contributed by atoms with Crippen LogP contribution in [-0.2, 0) is 14.6 Å². The molecule has 182 valence electrons. The van der Waals surface area contributed by atoms with E-state index in [0.717, 1.165) is 34.9 Å². The quantitative estimate of drug-likeness (QED) is 0.547. The van der Waals surface area contributed by atoms with Gasteiger partial charge in [0.05, 0.1) is 22.2 Å². The normalized spacial score (nSPS) is 29.5. The summed E-state index contributed by atoms with van der Waals surface area (Å²) in [7, 11) is -3.42. The molecule has 3 aliphatic rings. The highest BCUT2D eigenvalue weighted by atomic mass is 32.2. The number of fused-ring (bicyclic) bond motifs is 1. The predicted octanol–water partition coefficient (Wildman–Crippen LogP) is 5.19. The molecule has 1 saturated heterocycles. The van der Waals surface area contributed by atoms with Gasteiger partial charge in [-0.15, -0.1) is 0 Å². The van der Waals surface area contributed by atoms with Gasteiger partial charge in [-0.05, 0) is 85.8 Å². The predicted molar refractivity (Wildman–Crippen MR) is 138 cm³/mol. The number of nitrogens with zero attached hydrogens (tertiary/aromatic N) is 1. The summed E-state index contributed by atoms with van der Waals surface area (Å²) < 4.78 is 27.2. The summed E-state index contributed by atoms with van der Waals surface area (Å²) in [5.74, 6) is 1.30. The first-order valence-electron chi connectivity index (χ1n) is 12.8. The molecule has 4 unspecified atom stereocenters. The van der Waals surface area contributed by atoms with E-state index >= 15 is 0 Å². The number of Topliss-reactive ketones (excluding diaryl/α,β-unsaturated/α-hetero) is 1. The van der Waals surface area contributed by atoms with E-state index in [9.17, 15) is 13.2 Å². The van der Waals surface area contributed by atoms with Gasteiger partial charge in [0.2, 0.25) is 0 Å². The monoisotopic (exact) mass is 488 g/mol. The van der Waals surface area contributed by atoms with E-state index in [2.05, 4.69) is 17.2 Å². The zero-order valence-corrected chi connectivity index (χ0v) is 20.9. The van der Waals surface area contributed by atoms with Crippen LogP contribution in [0.4, 0.5) is 0 Å². The Labute approximate surface area is 207 Å². The highest BCUT2D eigenvalue weighted by molar-refractivity contribution is 7.92. The molecule has 2 saturated carbocycles. The molecule has 1 spiro atoms. The molecule has 2 aliphatic carbocycles. The Kier molecular flexibility index (Phi) is 5.57. The van der Waals surface area contributed by atoms with Gasteiger partial charge in [-0.25, -0.2) is 8.42 Å². The summed E-state index contributed by atoms with van der Waals surface area (Å²) in [5.41, 5.74) is 2.83. The Morgan fingerprint density at radius 1 is 1.00 bits per heavy atom. The Hall–Kier alpha value is -2.57. The summed E-state index contributed by atoms with van der Waals surface area (Å²) in [5, 5.41) is 4.25. The SMILES string of the molecule is CC1CC(S(=O)(=O)c2ccc(-c3ccc4cccnc4c3)cc2)CCC12CC(C1CC1)C(=O)CN2. The zero-order chi connectivity index (χ0) is 24.2. The lowest BCUT2D eigenvalue weighted by molar-refractivity contribution is -0.127. The van der Waals surface area contributed by atoms with Crippen LogP contribution in [0.25, 0.3) is 22.0 Å². The average molecular weight is 489 g/mol. The van der Waals surface area contributed by atoms with Crippen LogP contribution >= 0.6 is 0 Å². The van der Waals surface area contributed by atoms with Crippen molar-refractivity contribution >= 4 is 26.5 Å². The highest BCUT2D eigenvalue weighted by Crippen LogP contribution is 2.48. The third-order valence-electron chi connectivity index (χ3n) is 8.84. The van der Waals surface area contributed by atoms with Crippen LogP contribution in [0.15, 0.2) is 65.7 Å². The standard InChI is InChI=1S/C29H32N2O3S/c1-19-15-25(12-13-29(19)17-26(21-4-5-21)28(32)18-31-29)35(33,34)24-10-8-20(9-11-24)23-7-6-22-3-2-14-30-27(22)16-23/h2-3,6-11,14,16,19,21,25-26,31H,4-5,12-13,15,17-18H2,1H3. The molecule has 0 bridgehead atoms. The summed E-state index contributed by atoms with van der Waals surface area (Å²) in [6, 6.07) is 17.4. The number of hydrogen-bond acceptors (Lipinski definition) is 5. The number of piperidine rings is 1. The number of hydrogen-bond donors (Lipinski definition) is 1. The molecule has 3 fully saturated rings. The van der Waals surface area contributed by atoms with Crippen molar-refractivity contribution in [3.8, 4) is 11.1 Å². The van der Waals surface area contributed by atoms with Crippen molar-refractivity contribution in [2.24, 2.45) is 17.8 Å². The van der Waals surface area contributed by atoms with E-state index in [0.29, 0.717) is 36.0 Å². The van der Waals surface area contributed by atoms with Crippen molar-refractivity contribution in [3.63, 3.8) is 0 Å². The number of nitrogens with one attached hydrogen (secondary N) is 1. The van der Waals surface area contributed by atoms with Gasteiger partial charge in [-0.3, -0.25) is 9.78 Å². The first-order chi connectivity index (χ1) is 16.9. The molecule has 1 N–H and O–H groups in total. The third kappa shape index (κ3) is 4.11. The average Bonchev–Trinajstić information content (AvgIpc) is 3.72. The minimum atomic E-state index is -3.42. The van der Waals surface area contributed by atoms with E-state index in [1.54, 1.807) is 18.3 Å². The summed E-state index contributed by atoms with van der Waals surface area (Å²) >= 11 is 0. The lowest BCUT2D eigenvalue weighted by Crippen LogP contribution is -2.61. The molecule has 2 heterocycles. The van der Waals surface area contributed by atoms with Crippen molar-refractivity contribution in [3.05, 3.63) is 60.8 Å². The largest absolute Gasteiger partial charge is 0.304 e. The minimum Gasteiger partial charge on any atom is -0.304 e. The Bertz CT molecular complexity index is 1380. The third-order valence-corrected chi connectivity index (χ3v) is 11.1. The van der Waals surface area contributed by atoms with Crippen LogP contribution in [0, 0.1) is 17.8 Å². The second kappa shape index (κ2) is 8.52. The maximum absolute atomic E-state index is 13.6. The van der Waals surface area contributed by atoms with Gasteiger partial charge in [0, 0.05) is 23.0 Å². The number of ketones is 1. The lowest BCUT2D eigenvalue weighted by atomic mass is 9.66. The summed E-state index contributed by atoms with van der Waals surface area (Å²) in [4.78, 5) is 17.3. The minimum absolute atomic E-state index is 0.0961. The van der Waals surface area contributed by atoms with Crippen LogP contribution in [0.2, 0.25) is 0 Å². The van der Waals surface area contributed by atoms with E-state index in [1.807, 2.05) is 42.5 Å². The van der Waals surface area contributed by atoms with Crippen LogP contribution in [0.5, 0.6) is 0 Å². The number of sulfone groups is 1. The van der Waals surface area contributed by atoms with Gasteiger partial charge < -0.3 is 5.32 Å². The van der Waals surface area contributed by atoms with Crippen molar-refractivity contribution in [2.45, 2.75) is 61.1 Å². The molecular formula is C29H32N2O3S. The van der Waals surface area contributed by atoms with Gasteiger partial charge in [0.1, 0.15) is 5.78 Å². The van der Waals surface area contributed by atoms with E-state index in [-0.39, 0.29) is 22.6 Å². The number of benzene rings is 2. The molecule has 6 rings (SSSR count). The smallest absolute Gasteiger partial charge is 0.181 e. The maximum Gasteiger partial charge on any atom is 0.181 e. The van der Waals surface area contributed by atoms with Crippen molar-refractivity contribution in [2.75, 3.05) is 6.54 Å². The fourth-order valence-corrected chi connectivity index (χ4v) is 8.30. The number of aromatic nitrogens is 1.